The second-order valence-electron chi connectivity index (χ2n) is 3.41. The number of halogens is 3. The highest BCUT2D eigenvalue weighted by molar-refractivity contribution is 9.10. The maximum absolute atomic E-state index is 12.1. The molecule has 0 aliphatic heterocycles. The highest BCUT2D eigenvalue weighted by Crippen LogP contribution is 2.16. The van der Waals surface area contributed by atoms with Crippen molar-refractivity contribution in [2.75, 3.05) is 13.6 Å². The van der Waals surface area contributed by atoms with Crippen LogP contribution in [0.2, 0.25) is 0 Å². The molecule has 1 aromatic rings. The molecule has 16 heavy (non-hydrogen) atoms. The number of rotatable bonds is 4. The third-order valence-corrected chi connectivity index (χ3v) is 2.62. The molecule has 0 saturated carbocycles. The Morgan fingerprint density at radius 2 is 2.25 bits per heavy atom. The van der Waals surface area contributed by atoms with Crippen LogP contribution in [-0.2, 0) is 6.54 Å². The standard InChI is InChI=1S/C10H13BrF2N2O/c1-3-15-5-7(11)4-8(15)10(16)14(2)6-9(12)13/h4-5,9H,3,6H2,1-2H3. The summed E-state index contributed by atoms with van der Waals surface area (Å²) >= 11 is 3.25. The normalized spacial score (nSPS) is 10.9. The first-order valence-corrected chi connectivity index (χ1v) is 5.64. The molecule has 3 nitrogen and oxygen atoms in total. The smallest absolute Gasteiger partial charge is 0.270 e. The van der Waals surface area contributed by atoms with Crippen LogP contribution in [0.15, 0.2) is 16.7 Å². The molecule has 90 valence electrons. The van der Waals surface area contributed by atoms with Gasteiger partial charge in [0.2, 0.25) is 0 Å². The van der Waals surface area contributed by atoms with Gasteiger partial charge in [0.15, 0.2) is 0 Å². The van der Waals surface area contributed by atoms with Gasteiger partial charge in [0.25, 0.3) is 12.3 Å². The second-order valence-corrected chi connectivity index (χ2v) is 4.32. The predicted octanol–water partition coefficient (Wildman–Crippen LogP) is 2.61. The first-order chi connectivity index (χ1) is 7.45. The molecule has 0 N–H and O–H groups in total. The molecule has 0 radical (unpaired) electrons. The van der Waals surface area contributed by atoms with Gasteiger partial charge in [-0.3, -0.25) is 4.79 Å². The van der Waals surface area contributed by atoms with Gasteiger partial charge in [0, 0.05) is 24.3 Å². The lowest BCUT2D eigenvalue weighted by molar-refractivity contribution is 0.0611. The van der Waals surface area contributed by atoms with Crippen LogP contribution in [0.1, 0.15) is 17.4 Å². The fourth-order valence-electron chi connectivity index (χ4n) is 1.40. The van der Waals surface area contributed by atoms with E-state index in [1.165, 1.54) is 7.05 Å². The van der Waals surface area contributed by atoms with Crippen LogP contribution in [0.3, 0.4) is 0 Å². The van der Waals surface area contributed by atoms with Crippen molar-refractivity contribution in [3.05, 3.63) is 22.4 Å². The maximum atomic E-state index is 12.1. The van der Waals surface area contributed by atoms with Crippen LogP contribution in [0, 0.1) is 0 Å². The minimum atomic E-state index is -2.51. The largest absolute Gasteiger partial charge is 0.343 e. The first-order valence-electron chi connectivity index (χ1n) is 4.85. The third kappa shape index (κ3) is 3.04. The van der Waals surface area contributed by atoms with Gasteiger partial charge in [0.1, 0.15) is 5.69 Å². The van der Waals surface area contributed by atoms with Gasteiger partial charge in [-0.2, -0.15) is 0 Å². The molecular weight excluding hydrogens is 282 g/mol. The van der Waals surface area contributed by atoms with Gasteiger partial charge in [-0.05, 0) is 28.9 Å². The van der Waals surface area contributed by atoms with Crippen LogP contribution in [0.25, 0.3) is 0 Å². The lowest BCUT2D eigenvalue weighted by Gasteiger charge is -2.17. The van der Waals surface area contributed by atoms with Gasteiger partial charge in [-0.25, -0.2) is 8.78 Å². The lowest BCUT2D eigenvalue weighted by Crippen LogP contribution is -2.32. The SMILES string of the molecule is CCn1cc(Br)cc1C(=O)N(C)CC(F)F. The Balaban J connectivity index is 2.86. The van der Waals surface area contributed by atoms with Crippen molar-refractivity contribution in [1.82, 2.24) is 9.47 Å². The van der Waals surface area contributed by atoms with Gasteiger partial charge in [-0.1, -0.05) is 0 Å². The number of nitrogens with zero attached hydrogens (tertiary/aromatic N) is 2. The van der Waals surface area contributed by atoms with E-state index < -0.39 is 18.9 Å². The van der Waals surface area contributed by atoms with Crippen LogP contribution < -0.4 is 0 Å². The van der Waals surface area contributed by atoms with Crippen molar-refractivity contribution in [3.63, 3.8) is 0 Å². The lowest BCUT2D eigenvalue weighted by atomic mass is 10.3. The summed E-state index contributed by atoms with van der Waals surface area (Å²) in [5.41, 5.74) is 0.414. The fraction of sp³-hybridized carbons (Fsp3) is 0.500. The van der Waals surface area contributed by atoms with Crippen LogP contribution in [0.5, 0.6) is 0 Å². The maximum Gasteiger partial charge on any atom is 0.270 e. The van der Waals surface area contributed by atoms with Crippen LogP contribution in [0.4, 0.5) is 8.78 Å². The van der Waals surface area contributed by atoms with Crippen molar-refractivity contribution in [1.29, 1.82) is 0 Å². The molecule has 0 bridgehead atoms. The molecule has 0 unspecified atom stereocenters. The monoisotopic (exact) mass is 294 g/mol. The van der Waals surface area contributed by atoms with Crippen molar-refractivity contribution in [2.24, 2.45) is 0 Å². The molecule has 0 aromatic carbocycles. The van der Waals surface area contributed by atoms with Crippen LogP contribution >= 0.6 is 15.9 Å². The number of hydrogen-bond donors (Lipinski definition) is 0. The quantitative estimate of drug-likeness (QED) is 0.838. The molecule has 1 aromatic heterocycles. The van der Waals surface area contributed by atoms with E-state index in [0.717, 1.165) is 9.37 Å². The minimum Gasteiger partial charge on any atom is -0.343 e. The van der Waals surface area contributed by atoms with E-state index >= 15 is 0 Å². The fourth-order valence-corrected chi connectivity index (χ4v) is 1.86. The van der Waals surface area contributed by atoms with E-state index in [4.69, 9.17) is 0 Å². The van der Waals surface area contributed by atoms with Gasteiger partial charge in [0.05, 0.1) is 6.54 Å². The summed E-state index contributed by atoms with van der Waals surface area (Å²) in [5, 5.41) is 0. The summed E-state index contributed by atoms with van der Waals surface area (Å²) in [4.78, 5) is 12.9. The summed E-state index contributed by atoms with van der Waals surface area (Å²) in [6.07, 6.45) is -0.758. The van der Waals surface area contributed by atoms with Crippen LogP contribution in [-0.4, -0.2) is 35.4 Å². The molecule has 0 aliphatic carbocycles. The van der Waals surface area contributed by atoms with Gasteiger partial charge >= 0.3 is 0 Å². The number of carbonyl (C=O) groups is 1. The zero-order valence-electron chi connectivity index (χ0n) is 9.08. The number of carbonyl (C=O) groups excluding carboxylic acids is 1. The molecule has 1 heterocycles. The average molecular weight is 295 g/mol. The number of amides is 1. The van der Waals surface area contributed by atoms with Crippen molar-refractivity contribution in [3.8, 4) is 0 Å². The first kappa shape index (κ1) is 13.2. The predicted molar refractivity (Wildman–Crippen MR) is 60.8 cm³/mol. The molecular formula is C10H13BrF2N2O. The summed E-state index contributed by atoms with van der Waals surface area (Å²) < 4.78 is 26.8. The van der Waals surface area contributed by atoms with Crippen molar-refractivity contribution < 1.29 is 13.6 Å². The summed E-state index contributed by atoms with van der Waals surface area (Å²) in [6.45, 7) is 1.96. The number of aryl methyl sites for hydroxylation is 1. The zero-order chi connectivity index (χ0) is 12.3. The topological polar surface area (TPSA) is 25.2 Å². The van der Waals surface area contributed by atoms with Gasteiger partial charge < -0.3 is 9.47 Å². The molecule has 1 rings (SSSR count). The highest BCUT2D eigenvalue weighted by atomic mass is 79.9. The Morgan fingerprint density at radius 3 is 2.75 bits per heavy atom. The van der Waals surface area contributed by atoms with E-state index in [-0.39, 0.29) is 0 Å². The van der Waals surface area contributed by atoms with Gasteiger partial charge in [-0.15, -0.1) is 0 Å². The van der Waals surface area contributed by atoms with E-state index in [9.17, 15) is 13.6 Å². The third-order valence-electron chi connectivity index (χ3n) is 2.18. The summed E-state index contributed by atoms with van der Waals surface area (Å²) in [6, 6.07) is 1.63. The Labute approximate surface area is 101 Å². The molecule has 0 spiro atoms. The van der Waals surface area contributed by atoms with Crippen molar-refractivity contribution in [2.45, 2.75) is 19.9 Å². The van der Waals surface area contributed by atoms with Crippen molar-refractivity contribution >= 4 is 21.8 Å². The van der Waals surface area contributed by atoms with E-state index in [0.29, 0.717) is 12.2 Å². The molecule has 6 heteroatoms. The number of aromatic nitrogens is 1. The average Bonchev–Trinajstić information content (AvgIpc) is 2.57. The molecule has 0 saturated heterocycles. The van der Waals surface area contributed by atoms with E-state index in [2.05, 4.69) is 15.9 Å². The van der Waals surface area contributed by atoms with E-state index in [1.54, 1.807) is 16.8 Å². The molecule has 1 amide bonds. The number of hydrogen-bond acceptors (Lipinski definition) is 1. The molecule has 0 aliphatic rings. The molecule has 0 atom stereocenters. The number of alkyl halides is 2. The summed E-state index contributed by atoms with van der Waals surface area (Å²) in [5.74, 6) is -0.396. The minimum absolute atomic E-state index is 0.396. The van der Waals surface area contributed by atoms with E-state index in [1.807, 2.05) is 6.92 Å². The Bertz CT molecular complexity index is 379. The Kier molecular flexibility index (Phi) is 4.46. The Hall–Kier alpha value is -0.910. The zero-order valence-corrected chi connectivity index (χ0v) is 10.7. The molecule has 0 fully saturated rings. The summed E-state index contributed by atoms with van der Waals surface area (Å²) in [7, 11) is 1.37. The highest BCUT2D eigenvalue weighted by Gasteiger charge is 2.19. The Morgan fingerprint density at radius 1 is 1.62 bits per heavy atom. The second kappa shape index (κ2) is 5.43.